The van der Waals surface area contributed by atoms with Gasteiger partial charge in [0.25, 0.3) is 0 Å². The average molecular weight is 478 g/mol. The number of carbonyl (C=O) groups is 2. The van der Waals surface area contributed by atoms with Crippen molar-refractivity contribution in [2.75, 3.05) is 46.4 Å². The van der Waals surface area contributed by atoms with Crippen molar-refractivity contribution in [1.82, 2.24) is 14.1 Å². The molecule has 0 bridgehead atoms. The van der Waals surface area contributed by atoms with Crippen molar-refractivity contribution < 1.29 is 27.1 Å². The summed E-state index contributed by atoms with van der Waals surface area (Å²) in [5.74, 6) is -1.11. The number of halogens is 1. The van der Waals surface area contributed by atoms with E-state index in [-0.39, 0.29) is 55.9 Å². The van der Waals surface area contributed by atoms with Gasteiger partial charge in [-0.05, 0) is 23.8 Å². The lowest BCUT2D eigenvalue weighted by atomic mass is 10.2. The van der Waals surface area contributed by atoms with Gasteiger partial charge in [-0.3, -0.25) is 14.5 Å². The van der Waals surface area contributed by atoms with Crippen molar-refractivity contribution >= 4 is 21.9 Å². The Hall–Kier alpha value is -2.82. The first-order valence-corrected chi connectivity index (χ1v) is 12.1. The summed E-state index contributed by atoms with van der Waals surface area (Å²) in [7, 11) is -2.50. The van der Waals surface area contributed by atoms with Gasteiger partial charge in [-0.15, -0.1) is 0 Å². The molecule has 0 aromatic heterocycles. The van der Waals surface area contributed by atoms with E-state index in [0.717, 1.165) is 11.6 Å². The lowest BCUT2D eigenvalue weighted by Crippen LogP contribution is -2.52. The number of methoxy groups -OCH3 is 1. The van der Waals surface area contributed by atoms with Gasteiger partial charge in [-0.25, -0.2) is 12.8 Å². The molecule has 0 atom stereocenters. The number of amides is 1. The number of hydrogen-bond donors (Lipinski definition) is 0. The maximum absolute atomic E-state index is 13.5. The van der Waals surface area contributed by atoms with E-state index in [1.54, 1.807) is 4.90 Å². The highest BCUT2D eigenvalue weighted by atomic mass is 32.2. The van der Waals surface area contributed by atoms with Gasteiger partial charge in [-0.1, -0.05) is 36.4 Å². The zero-order valence-electron chi connectivity index (χ0n) is 18.5. The summed E-state index contributed by atoms with van der Waals surface area (Å²) in [4.78, 5) is 27.9. The van der Waals surface area contributed by atoms with Crippen molar-refractivity contribution in [1.29, 1.82) is 0 Å². The summed E-state index contributed by atoms with van der Waals surface area (Å²) in [5.41, 5.74) is 1.01. The molecule has 8 nitrogen and oxygen atoms in total. The van der Waals surface area contributed by atoms with E-state index in [9.17, 15) is 22.4 Å². The number of hydrogen-bond acceptors (Lipinski definition) is 6. The molecule has 3 rings (SSSR count). The third-order valence-corrected chi connectivity index (χ3v) is 7.39. The Balaban J connectivity index is 1.60. The smallest absolute Gasteiger partial charge is 0.306 e. The molecular formula is C23H28FN3O5S. The van der Waals surface area contributed by atoms with Crippen LogP contribution in [0.3, 0.4) is 0 Å². The van der Waals surface area contributed by atoms with Crippen molar-refractivity contribution in [2.45, 2.75) is 17.9 Å². The lowest BCUT2D eigenvalue weighted by Gasteiger charge is -2.35. The first-order chi connectivity index (χ1) is 15.8. The second-order valence-corrected chi connectivity index (χ2v) is 9.70. The lowest BCUT2D eigenvalue weighted by molar-refractivity contribution is -0.142. The molecule has 1 aliphatic heterocycles. The summed E-state index contributed by atoms with van der Waals surface area (Å²) in [6.07, 6.45) is 0.163. The average Bonchev–Trinajstić information content (AvgIpc) is 2.83. The van der Waals surface area contributed by atoms with Crippen LogP contribution in [0.25, 0.3) is 0 Å². The normalized spacial score (nSPS) is 14.9. The summed E-state index contributed by atoms with van der Waals surface area (Å²) in [6, 6.07) is 14.5. The van der Waals surface area contributed by atoms with Crippen LogP contribution in [0, 0.1) is 5.82 Å². The van der Waals surface area contributed by atoms with Gasteiger partial charge in [0, 0.05) is 39.3 Å². The molecule has 0 N–H and O–H groups in total. The Morgan fingerprint density at radius 3 is 2.36 bits per heavy atom. The zero-order chi connectivity index (χ0) is 23.8. The topological polar surface area (TPSA) is 87.2 Å². The number of benzene rings is 2. The van der Waals surface area contributed by atoms with Crippen LogP contribution in [0.2, 0.25) is 0 Å². The number of sulfonamides is 1. The summed E-state index contributed by atoms with van der Waals surface area (Å²) >= 11 is 0. The number of esters is 1. The maximum atomic E-state index is 13.5. The highest BCUT2D eigenvalue weighted by Gasteiger charge is 2.30. The largest absolute Gasteiger partial charge is 0.469 e. The molecule has 10 heteroatoms. The molecule has 1 amide bonds. The van der Waals surface area contributed by atoms with Gasteiger partial charge in [0.1, 0.15) is 5.82 Å². The third-order valence-electron chi connectivity index (χ3n) is 5.49. The van der Waals surface area contributed by atoms with Gasteiger partial charge in [-0.2, -0.15) is 4.31 Å². The number of carbonyl (C=O) groups excluding carboxylic acids is 2. The van der Waals surface area contributed by atoms with Crippen LogP contribution >= 0.6 is 0 Å². The molecule has 0 saturated carbocycles. The highest BCUT2D eigenvalue weighted by Crippen LogP contribution is 2.19. The minimum Gasteiger partial charge on any atom is -0.469 e. The predicted molar refractivity (Wildman–Crippen MR) is 120 cm³/mol. The monoisotopic (exact) mass is 477 g/mol. The van der Waals surface area contributed by atoms with E-state index in [0.29, 0.717) is 13.1 Å². The van der Waals surface area contributed by atoms with Crippen molar-refractivity contribution in [2.24, 2.45) is 0 Å². The minimum absolute atomic E-state index is 0.0980. The van der Waals surface area contributed by atoms with E-state index < -0.39 is 15.8 Å². The molecule has 0 unspecified atom stereocenters. The first kappa shape index (κ1) is 24.8. The Labute approximate surface area is 193 Å². The maximum Gasteiger partial charge on any atom is 0.306 e. The predicted octanol–water partition coefficient (Wildman–Crippen LogP) is 1.72. The quantitative estimate of drug-likeness (QED) is 0.511. The van der Waals surface area contributed by atoms with Gasteiger partial charge in [0.05, 0.1) is 25.0 Å². The molecule has 178 valence electrons. The molecule has 1 fully saturated rings. The Morgan fingerprint density at radius 1 is 1.03 bits per heavy atom. The van der Waals surface area contributed by atoms with Crippen LogP contribution < -0.4 is 0 Å². The van der Waals surface area contributed by atoms with E-state index >= 15 is 0 Å². The summed E-state index contributed by atoms with van der Waals surface area (Å²) in [6.45, 7) is 1.70. The van der Waals surface area contributed by atoms with E-state index in [1.807, 2.05) is 35.2 Å². The second-order valence-electron chi connectivity index (χ2n) is 7.76. The number of ether oxygens (including phenoxy) is 1. The van der Waals surface area contributed by atoms with Crippen molar-refractivity contribution in [3.63, 3.8) is 0 Å². The van der Waals surface area contributed by atoms with Crippen LogP contribution in [0.1, 0.15) is 12.0 Å². The third kappa shape index (κ3) is 6.83. The van der Waals surface area contributed by atoms with Gasteiger partial charge in [0.15, 0.2) is 0 Å². The standard InChI is InChI=1S/C23H28FN3O5S/c1-32-23(29)10-11-25(17-19-6-3-2-4-7-19)18-22(28)26-12-14-27(15-13-26)33(30,31)21-9-5-8-20(24)16-21/h2-9,16H,10-15,17-18H2,1H3. The van der Waals surface area contributed by atoms with Gasteiger partial charge >= 0.3 is 5.97 Å². The van der Waals surface area contributed by atoms with Crippen LogP contribution in [-0.4, -0.2) is 80.8 Å². The highest BCUT2D eigenvalue weighted by molar-refractivity contribution is 7.89. The number of nitrogens with zero attached hydrogens (tertiary/aromatic N) is 3. The first-order valence-electron chi connectivity index (χ1n) is 10.7. The van der Waals surface area contributed by atoms with Crippen LogP contribution in [-0.2, 0) is 30.9 Å². The van der Waals surface area contributed by atoms with E-state index in [2.05, 4.69) is 0 Å². The SMILES string of the molecule is COC(=O)CCN(CC(=O)N1CCN(S(=O)(=O)c2cccc(F)c2)CC1)Cc1ccccc1. The Morgan fingerprint density at radius 2 is 1.73 bits per heavy atom. The van der Waals surface area contributed by atoms with Crippen LogP contribution in [0.4, 0.5) is 4.39 Å². The molecule has 0 radical (unpaired) electrons. The van der Waals surface area contributed by atoms with E-state index in [1.165, 1.54) is 29.6 Å². The van der Waals surface area contributed by atoms with Crippen molar-refractivity contribution in [3.8, 4) is 0 Å². The molecule has 0 spiro atoms. The molecule has 1 saturated heterocycles. The fraction of sp³-hybridized carbons (Fsp3) is 0.391. The Bertz CT molecular complexity index is 1060. The van der Waals surface area contributed by atoms with Crippen LogP contribution in [0.5, 0.6) is 0 Å². The minimum atomic E-state index is -3.82. The molecular weight excluding hydrogens is 449 g/mol. The summed E-state index contributed by atoms with van der Waals surface area (Å²) in [5, 5.41) is 0. The molecule has 1 aliphatic rings. The van der Waals surface area contributed by atoms with Crippen LogP contribution in [0.15, 0.2) is 59.5 Å². The van der Waals surface area contributed by atoms with Gasteiger partial charge in [0.2, 0.25) is 15.9 Å². The molecule has 1 heterocycles. The van der Waals surface area contributed by atoms with Crippen molar-refractivity contribution in [3.05, 3.63) is 66.0 Å². The molecule has 0 aliphatic carbocycles. The Kier molecular flexibility index (Phi) is 8.54. The molecule has 33 heavy (non-hydrogen) atoms. The molecule has 2 aromatic rings. The van der Waals surface area contributed by atoms with E-state index in [4.69, 9.17) is 4.74 Å². The zero-order valence-corrected chi connectivity index (χ0v) is 19.3. The number of rotatable bonds is 9. The van der Waals surface area contributed by atoms with Gasteiger partial charge < -0.3 is 9.64 Å². The number of piperazine rings is 1. The second kappa shape index (κ2) is 11.4. The summed E-state index contributed by atoms with van der Waals surface area (Å²) < 4.78 is 45.0. The fourth-order valence-electron chi connectivity index (χ4n) is 3.65. The fourth-order valence-corrected chi connectivity index (χ4v) is 5.11. The molecule has 2 aromatic carbocycles.